The molecule has 0 fully saturated rings. The Morgan fingerprint density at radius 1 is 1.42 bits per heavy atom. The van der Waals surface area contributed by atoms with Gasteiger partial charge in [-0.3, -0.25) is 0 Å². The Morgan fingerprint density at radius 2 is 2.32 bits per heavy atom. The van der Waals surface area contributed by atoms with Crippen LogP contribution in [0, 0.1) is 11.3 Å². The first kappa shape index (κ1) is 11.9. The van der Waals surface area contributed by atoms with Gasteiger partial charge in [0.25, 0.3) is 0 Å². The maximum absolute atomic E-state index is 9.13. The predicted octanol–water partition coefficient (Wildman–Crippen LogP) is 4.31. The monoisotopic (exact) mass is 267 g/mol. The molecule has 19 heavy (non-hydrogen) atoms. The van der Waals surface area contributed by atoms with Gasteiger partial charge in [-0.25, -0.2) is 4.98 Å². The van der Waals surface area contributed by atoms with Crippen LogP contribution in [-0.2, 0) is 0 Å². The molecular weight excluding hydrogens is 254 g/mol. The first-order chi connectivity index (χ1) is 9.31. The Hall–Kier alpha value is -2.12. The van der Waals surface area contributed by atoms with Gasteiger partial charge in [0, 0.05) is 0 Å². The Balaban J connectivity index is 2.07. The summed E-state index contributed by atoms with van der Waals surface area (Å²) in [4.78, 5) is 9.04. The van der Waals surface area contributed by atoms with Crippen molar-refractivity contribution < 1.29 is 0 Å². The molecule has 1 atom stereocenters. The van der Waals surface area contributed by atoms with Gasteiger partial charge in [-0.2, -0.15) is 5.26 Å². The number of thiophene rings is 1. The van der Waals surface area contributed by atoms with E-state index in [1.165, 1.54) is 0 Å². The number of H-pyrrole nitrogens is 1. The first-order valence-electron chi connectivity index (χ1n) is 6.25. The lowest BCUT2D eigenvalue weighted by Crippen LogP contribution is -1.92. The molecule has 94 valence electrons. The lowest BCUT2D eigenvalue weighted by atomic mass is 9.98. The van der Waals surface area contributed by atoms with Crippen molar-refractivity contribution >= 4 is 22.4 Å². The number of nitrogens with one attached hydrogen (secondary N) is 1. The molecule has 0 aliphatic heterocycles. The molecule has 1 unspecified atom stereocenters. The lowest BCUT2D eigenvalue weighted by molar-refractivity contribution is 0.819. The molecule has 0 saturated carbocycles. The van der Waals surface area contributed by atoms with Crippen LogP contribution < -0.4 is 0 Å². The lowest BCUT2D eigenvalue weighted by Gasteiger charge is -2.05. The Bertz CT molecular complexity index is 734. The van der Waals surface area contributed by atoms with Crippen LogP contribution in [0.1, 0.15) is 24.8 Å². The van der Waals surface area contributed by atoms with Crippen LogP contribution in [0.2, 0.25) is 0 Å². The minimum absolute atomic E-state index is 0.0436. The smallest absolute Gasteiger partial charge is 0.148 e. The van der Waals surface area contributed by atoms with E-state index in [0.29, 0.717) is 0 Å². The highest BCUT2D eigenvalue weighted by atomic mass is 32.1. The second-order valence-corrected chi connectivity index (χ2v) is 5.38. The number of hydrogen-bond acceptors (Lipinski definition) is 3. The zero-order valence-electron chi connectivity index (χ0n) is 10.6. The summed E-state index contributed by atoms with van der Waals surface area (Å²) in [6.07, 6.45) is 0.827. The molecule has 3 aromatic rings. The molecule has 0 saturated heterocycles. The van der Waals surface area contributed by atoms with Gasteiger partial charge in [0.15, 0.2) is 0 Å². The maximum atomic E-state index is 9.13. The zero-order chi connectivity index (χ0) is 13.2. The fourth-order valence-electron chi connectivity index (χ4n) is 2.18. The van der Waals surface area contributed by atoms with E-state index >= 15 is 0 Å². The second kappa shape index (κ2) is 4.87. The highest BCUT2D eigenvalue weighted by molar-refractivity contribution is 7.13. The molecule has 3 nitrogen and oxygen atoms in total. The largest absolute Gasteiger partial charge is 0.337 e. The van der Waals surface area contributed by atoms with Gasteiger partial charge in [-0.1, -0.05) is 19.1 Å². The molecule has 0 aliphatic rings. The third-order valence-corrected chi connectivity index (χ3v) is 4.10. The summed E-state index contributed by atoms with van der Waals surface area (Å²) in [6, 6.07) is 12.4. The highest BCUT2D eigenvalue weighted by Gasteiger charge is 2.11. The van der Waals surface area contributed by atoms with E-state index in [4.69, 9.17) is 5.26 Å². The Labute approximate surface area is 115 Å². The summed E-state index contributed by atoms with van der Waals surface area (Å²) in [5.41, 5.74) is 2.99. The van der Waals surface area contributed by atoms with Gasteiger partial charge in [0.2, 0.25) is 0 Å². The number of imidazole rings is 1. The van der Waals surface area contributed by atoms with Crippen molar-refractivity contribution in [2.24, 2.45) is 0 Å². The number of hydrogen-bond donors (Lipinski definition) is 1. The van der Waals surface area contributed by atoms with Crippen molar-refractivity contribution in [3.05, 3.63) is 41.3 Å². The van der Waals surface area contributed by atoms with E-state index in [0.717, 1.165) is 33.7 Å². The molecule has 1 N–H and O–H groups in total. The minimum Gasteiger partial charge on any atom is -0.337 e. The minimum atomic E-state index is -0.0436. The third kappa shape index (κ3) is 2.13. The van der Waals surface area contributed by atoms with Crippen molar-refractivity contribution in [2.45, 2.75) is 19.3 Å². The number of rotatable bonds is 3. The van der Waals surface area contributed by atoms with E-state index in [-0.39, 0.29) is 5.92 Å². The van der Waals surface area contributed by atoms with Crippen LogP contribution in [0.5, 0.6) is 0 Å². The average molecular weight is 267 g/mol. The van der Waals surface area contributed by atoms with E-state index in [9.17, 15) is 0 Å². The summed E-state index contributed by atoms with van der Waals surface area (Å²) in [5.74, 6) is 0.852. The number of nitriles is 1. The molecule has 2 heterocycles. The zero-order valence-corrected chi connectivity index (χ0v) is 11.4. The number of benzene rings is 1. The normalized spacial score (nSPS) is 12.4. The van der Waals surface area contributed by atoms with Gasteiger partial charge in [0.05, 0.1) is 27.9 Å². The molecule has 0 radical (unpaired) electrons. The SMILES string of the molecule is CCC(C#N)c1ccc2nc(-c3cccs3)[nH]c2c1. The van der Waals surface area contributed by atoms with E-state index in [1.807, 2.05) is 42.6 Å². The number of aromatic amines is 1. The van der Waals surface area contributed by atoms with E-state index < -0.39 is 0 Å². The summed E-state index contributed by atoms with van der Waals surface area (Å²) in [7, 11) is 0. The topological polar surface area (TPSA) is 52.5 Å². The van der Waals surface area contributed by atoms with Gasteiger partial charge < -0.3 is 4.98 Å². The van der Waals surface area contributed by atoms with Crippen LogP contribution >= 0.6 is 11.3 Å². The van der Waals surface area contributed by atoms with Crippen LogP contribution in [0.25, 0.3) is 21.7 Å². The fraction of sp³-hybridized carbons (Fsp3) is 0.200. The molecule has 0 bridgehead atoms. The summed E-state index contributed by atoms with van der Waals surface area (Å²) < 4.78 is 0. The third-order valence-electron chi connectivity index (χ3n) is 3.23. The number of aromatic nitrogens is 2. The predicted molar refractivity (Wildman–Crippen MR) is 78.1 cm³/mol. The molecule has 0 amide bonds. The maximum Gasteiger partial charge on any atom is 0.148 e. The molecular formula is C15H13N3S. The highest BCUT2D eigenvalue weighted by Crippen LogP contribution is 2.27. The van der Waals surface area contributed by atoms with Crippen LogP contribution in [0.3, 0.4) is 0 Å². The van der Waals surface area contributed by atoms with Crippen molar-refractivity contribution in [3.8, 4) is 16.8 Å². The van der Waals surface area contributed by atoms with E-state index in [1.54, 1.807) is 11.3 Å². The van der Waals surface area contributed by atoms with Gasteiger partial charge in [-0.05, 0) is 35.6 Å². The Morgan fingerprint density at radius 3 is 3.00 bits per heavy atom. The molecule has 0 spiro atoms. The van der Waals surface area contributed by atoms with Crippen molar-refractivity contribution in [1.82, 2.24) is 9.97 Å². The number of nitrogens with zero attached hydrogens (tertiary/aromatic N) is 2. The molecule has 2 aromatic heterocycles. The van der Waals surface area contributed by atoms with Crippen molar-refractivity contribution in [2.75, 3.05) is 0 Å². The Kier molecular flexibility index (Phi) is 3.06. The summed E-state index contributed by atoms with van der Waals surface area (Å²) in [6.45, 7) is 2.03. The van der Waals surface area contributed by atoms with E-state index in [2.05, 4.69) is 16.0 Å². The average Bonchev–Trinajstić information content (AvgIpc) is 3.08. The van der Waals surface area contributed by atoms with Crippen LogP contribution in [0.15, 0.2) is 35.7 Å². The number of fused-ring (bicyclic) bond motifs is 1. The molecule has 1 aromatic carbocycles. The molecule has 4 heteroatoms. The van der Waals surface area contributed by atoms with Crippen LogP contribution in [-0.4, -0.2) is 9.97 Å². The quantitative estimate of drug-likeness (QED) is 0.768. The fourth-order valence-corrected chi connectivity index (χ4v) is 2.84. The van der Waals surface area contributed by atoms with Gasteiger partial charge in [0.1, 0.15) is 5.82 Å². The first-order valence-corrected chi connectivity index (χ1v) is 7.13. The standard InChI is InChI=1S/C15H13N3S/c1-2-10(9-16)11-5-6-12-13(8-11)18-15(17-12)14-4-3-7-19-14/h3-8,10H,2H2,1H3,(H,17,18). The van der Waals surface area contributed by atoms with Crippen LogP contribution in [0.4, 0.5) is 0 Å². The van der Waals surface area contributed by atoms with Crippen molar-refractivity contribution in [1.29, 1.82) is 5.26 Å². The van der Waals surface area contributed by atoms with Gasteiger partial charge >= 0.3 is 0 Å². The molecule has 3 rings (SSSR count). The van der Waals surface area contributed by atoms with Gasteiger partial charge in [-0.15, -0.1) is 11.3 Å². The summed E-state index contributed by atoms with van der Waals surface area (Å²) >= 11 is 1.66. The summed E-state index contributed by atoms with van der Waals surface area (Å²) in [5, 5.41) is 11.2. The molecule has 0 aliphatic carbocycles. The second-order valence-electron chi connectivity index (χ2n) is 4.43. The van der Waals surface area contributed by atoms with Crippen molar-refractivity contribution in [3.63, 3.8) is 0 Å².